The van der Waals surface area contributed by atoms with Crippen LogP contribution in [0.3, 0.4) is 0 Å². The van der Waals surface area contributed by atoms with Gasteiger partial charge in [0, 0.05) is 23.7 Å². The largest absolute Gasteiger partial charge is 0.307 e. The van der Waals surface area contributed by atoms with Gasteiger partial charge in [0.1, 0.15) is 5.01 Å². The molecule has 0 radical (unpaired) electrons. The molecule has 0 fully saturated rings. The van der Waals surface area contributed by atoms with Crippen LogP contribution in [0.1, 0.15) is 42.5 Å². The minimum absolute atomic E-state index is 0.601. The molecule has 0 spiro atoms. The van der Waals surface area contributed by atoms with Crippen molar-refractivity contribution in [1.82, 2.24) is 10.3 Å². The summed E-state index contributed by atoms with van der Waals surface area (Å²) in [5, 5.41) is 4.75. The summed E-state index contributed by atoms with van der Waals surface area (Å²) in [4.78, 5) is 5.82. The van der Waals surface area contributed by atoms with Crippen molar-refractivity contribution in [1.29, 1.82) is 0 Å². The highest BCUT2D eigenvalue weighted by Gasteiger charge is 2.10. The summed E-state index contributed by atoms with van der Waals surface area (Å²) in [5.41, 5.74) is 0. The van der Waals surface area contributed by atoms with E-state index in [0.29, 0.717) is 12.0 Å². The number of aromatic nitrogens is 1. The van der Waals surface area contributed by atoms with Gasteiger partial charge < -0.3 is 5.32 Å². The molecule has 1 N–H and O–H groups in total. The molecule has 15 heavy (non-hydrogen) atoms. The summed E-state index contributed by atoms with van der Waals surface area (Å²) in [6.07, 6.45) is 8.85. The van der Waals surface area contributed by atoms with E-state index in [1.54, 1.807) is 0 Å². The molecular formula is C12H18N2S. The molecule has 82 valence electrons. The summed E-state index contributed by atoms with van der Waals surface area (Å²) >= 11 is 1.83. The van der Waals surface area contributed by atoms with Crippen molar-refractivity contribution >= 4 is 11.3 Å². The number of rotatable bonds is 4. The number of hydrogen-bond donors (Lipinski definition) is 1. The topological polar surface area (TPSA) is 24.9 Å². The van der Waals surface area contributed by atoms with Crippen LogP contribution in [0.15, 0.2) is 18.3 Å². The number of nitrogens with one attached hydrogen (secondary N) is 1. The Morgan fingerprint density at radius 2 is 2.20 bits per heavy atom. The smallest absolute Gasteiger partial charge is 0.107 e. The van der Waals surface area contributed by atoms with Crippen LogP contribution in [0.4, 0.5) is 0 Å². The molecule has 1 aromatic rings. The lowest BCUT2D eigenvalue weighted by Gasteiger charge is -2.09. The lowest BCUT2D eigenvalue weighted by Crippen LogP contribution is -2.25. The zero-order chi connectivity index (χ0) is 10.7. The van der Waals surface area contributed by atoms with Gasteiger partial charge >= 0.3 is 0 Å². The van der Waals surface area contributed by atoms with Crippen molar-refractivity contribution in [2.45, 2.75) is 45.2 Å². The van der Waals surface area contributed by atoms with E-state index in [1.807, 2.05) is 17.5 Å². The van der Waals surface area contributed by atoms with Gasteiger partial charge in [-0.3, -0.25) is 0 Å². The van der Waals surface area contributed by atoms with Crippen molar-refractivity contribution in [3.05, 3.63) is 28.2 Å². The van der Waals surface area contributed by atoms with Crippen LogP contribution in [0.5, 0.6) is 0 Å². The normalized spacial score (nSPS) is 16.7. The van der Waals surface area contributed by atoms with E-state index in [9.17, 15) is 0 Å². The molecule has 0 aliphatic heterocycles. The second-order valence-corrected chi connectivity index (χ2v) is 5.48. The first-order valence-corrected chi connectivity index (χ1v) is 6.40. The molecule has 1 heterocycles. The van der Waals surface area contributed by atoms with Gasteiger partial charge in [-0.05, 0) is 18.8 Å². The SMILES string of the molecule is CC(C)c1cnc(CNC2CC=CC2)s1. The first kappa shape index (κ1) is 10.8. The molecule has 0 saturated heterocycles. The maximum atomic E-state index is 4.43. The molecule has 0 aromatic carbocycles. The van der Waals surface area contributed by atoms with E-state index in [0.717, 1.165) is 6.54 Å². The third kappa shape index (κ3) is 2.89. The van der Waals surface area contributed by atoms with E-state index in [2.05, 4.69) is 36.3 Å². The molecular weight excluding hydrogens is 204 g/mol. The van der Waals surface area contributed by atoms with Crippen molar-refractivity contribution in [3.8, 4) is 0 Å². The fourth-order valence-electron chi connectivity index (χ4n) is 1.69. The van der Waals surface area contributed by atoms with E-state index >= 15 is 0 Å². The molecule has 0 bridgehead atoms. The predicted molar refractivity (Wildman–Crippen MR) is 65.2 cm³/mol. The van der Waals surface area contributed by atoms with Gasteiger partial charge in [-0.15, -0.1) is 11.3 Å². The van der Waals surface area contributed by atoms with Crippen LogP contribution in [-0.2, 0) is 6.54 Å². The molecule has 1 aliphatic rings. The second-order valence-electron chi connectivity index (χ2n) is 4.33. The molecule has 0 saturated carbocycles. The predicted octanol–water partition coefficient (Wildman–Crippen LogP) is 3.07. The van der Waals surface area contributed by atoms with E-state index in [4.69, 9.17) is 0 Å². The summed E-state index contributed by atoms with van der Waals surface area (Å²) in [6, 6.07) is 0.636. The highest BCUT2D eigenvalue weighted by atomic mass is 32.1. The lowest BCUT2D eigenvalue weighted by atomic mass is 10.2. The van der Waals surface area contributed by atoms with Crippen LogP contribution < -0.4 is 5.32 Å². The quantitative estimate of drug-likeness (QED) is 0.792. The Hall–Kier alpha value is -0.670. The van der Waals surface area contributed by atoms with Crippen molar-refractivity contribution in [2.75, 3.05) is 0 Å². The Morgan fingerprint density at radius 3 is 2.80 bits per heavy atom. The van der Waals surface area contributed by atoms with Gasteiger partial charge in [0.05, 0.1) is 0 Å². The molecule has 2 nitrogen and oxygen atoms in total. The van der Waals surface area contributed by atoms with Gasteiger partial charge in [0.15, 0.2) is 0 Å². The molecule has 1 aliphatic carbocycles. The van der Waals surface area contributed by atoms with Crippen LogP contribution in [0.2, 0.25) is 0 Å². The van der Waals surface area contributed by atoms with Gasteiger partial charge in [-0.1, -0.05) is 26.0 Å². The molecule has 1 aromatic heterocycles. The summed E-state index contributed by atoms with van der Waals surface area (Å²) in [7, 11) is 0. The maximum absolute atomic E-state index is 4.43. The van der Waals surface area contributed by atoms with Gasteiger partial charge in [0.25, 0.3) is 0 Å². The van der Waals surface area contributed by atoms with Crippen LogP contribution >= 0.6 is 11.3 Å². The van der Waals surface area contributed by atoms with E-state index < -0.39 is 0 Å². The van der Waals surface area contributed by atoms with E-state index in [1.165, 1.54) is 22.7 Å². The maximum Gasteiger partial charge on any atom is 0.107 e. The minimum Gasteiger partial charge on any atom is -0.307 e. The van der Waals surface area contributed by atoms with Crippen molar-refractivity contribution < 1.29 is 0 Å². The Balaban J connectivity index is 1.82. The van der Waals surface area contributed by atoms with Gasteiger partial charge in [-0.25, -0.2) is 4.98 Å². The van der Waals surface area contributed by atoms with Crippen LogP contribution in [0, 0.1) is 0 Å². The number of nitrogens with zero attached hydrogens (tertiary/aromatic N) is 1. The average Bonchev–Trinajstić information content (AvgIpc) is 2.86. The Bertz CT molecular complexity index is 333. The Kier molecular flexibility index (Phi) is 3.54. The molecule has 2 rings (SSSR count). The third-order valence-electron chi connectivity index (χ3n) is 2.69. The highest BCUT2D eigenvalue weighted by Crippen LogP contribution is 2.22. The average molecular weight is 222 g/mol. The minimum atomic E-state index is 0.601. The summed E-state index contributed by atoms with van der Waals surface area (Å²) in [5.74, 6) is 0.601. The summed E-state index contributed by atoms with van der Waals surface area (Å²) in [6.45, 7) is 5.35. The number of hydrogen-bond acceptors (Lipinski definition) is 3. The highest BCUT2D eigenvalue weighted by molar-refractivity contribution is 7.11. The van der Waals surface area contributed by atoms with E-state index in [-0.39, 0.29) is 0 Å². The third-order valence-corrected chi connectivity index (χ3v) is 3.99. The lowest BCUT2D eigenvalue weighted by molar-refractivity contribution is 0.537. The van der Waals surface area contributed by atoms with Crippen LogP contribution in [-0.4, -0.2) is 11.0 Å². The second kappa shape index (κ2) is 4.90. The number of thiazole rings is 1. The van der Waals surface area contributed by atoms with Gasteiger partial charge in [0.2, 0.25) is 0 Å². The molecule has 0 unspecified atom stereocenters. The monoisotopic (exact) mass is 222 g/mol. The van der Waals surface area contributed by atoms with Gasteiger partial charge in [-0.2, -0.15) is 0 Å². The fourth-order valence-corrected chi connectivity index (χ4v) is 2.56. The zero-order valence-electron chi connectivity index (χ0n) is 9.36. The fraction of sp³-hybridized carbons (Fsp3) is 0.583. The Labute approximate surface area is 95.4 Å². The standard InChI is InChI=1S/C12H18N2S/c1-9(2)11-7-14-12(15-11)8-13-10-5-3-4-6-10/h3-4,7,9-10,13H,5-6,8H2,1-2H3. The first-order valence-electron chi connectivity index (χ1n) is 5.58. The summed E-state index contributed by atoms with van der Waals surface area (Å²) < 4.78 is 0. The molecule has 3 heteroatoms. The Morgan fingerprint density at radius 1 is 1.47 bits per heavy atom. The molecule has 0 atom stereocenters. The molecule has 0 amide bonds. The zero-order valence-corrected chi connectivity index (χ0v) is 10.2. The van der Waals surface area contributed by atoms with Crippen LogP contribution in [0.25, 0.3) is 0 Å². The van der Waals surface area contributed by atoms with Crippen molar-refractivity contribution in [3.63, 3.8) is 0 Å². The first-order chi connectivity index (χ1) is 7.25. The van der Waals surface area contributed by atoms with Crippen molar-refractivity contribution in [2.24, 2.45) is 0 Å².